The standard InChI is InChI=1S/C12H19FO4/c1-7(2)16-10(14)12(5-9(13)6-12)11(15)17-8(3)4/h7-9H,5-6H2,1-4H3. The number of halogens is 1. The second-order valence-electron chi connectivity index (χ2n) is 5.00. The van der Waals surface area contributed by atoms with E-state index in [9.17, 15) is 14.0 Å². The number of esters is 2. The quantitative estimate of drug-likeness (QED) is 0.562. The Morgan fingerprint density at radius 2 is 1.41 bits per heavy atom. The van der Waals surface area contributed by atoms with Crippen LogP contribution in [0, 0.1) is 5.41 Å². The third-order valence-electron chi connectivity index (χ3n) is 2.61. The first-order valence-electron chi connectivity index (χ1n) is 5.84. The molecule has 5 heteroatoms. The molecule has 0 aromatic rings. The van der Waals surface area contributed by atoms with Crippen LogP contribution in [0.5, 0.6) is 0 Å². The number of hydrogen-bond acceptors (Lipinski definition) is 4. The van der Waals surface area contributed by atoms with Gasteiger partial charge in [-0.1, -0.05) is 0 Å². The van der Waals surface area contributed by atoms with E-state index in [1.165, 1.54) is 0 Å². The number of carbonyl (C=O) groups excluding carboxylic acids is 2. The van der Waals surface area contributed by atoms with Crippen molar-refractivity contribution in [2.24, 2.45) is 5.41 Å². The molecule has 1 aliphatic rings. The third kappa shape index (κ3) is 2.96. The van der Waals surface area contributed by atoms with Gasteiger partial charge >= 0.3 is 11.9 Å². The topological polar surface area (TPSA) is 52.6 Å². The highest BCUT2D eigenvalue weighted by Crippen LogP contribution is 2.45. The predicted molar refractivity (Wildman–Crippen MR) is 59.0 cm³/mol. The van der Waals surface area contributed by atoms with Gasteiger partial charge in [0.1, 0.15) is 6.17 Å². The molecule has 0 N–H and O–H groups in total. The third-order valence-corrected chi connectivity index (χ3v) is 2.61. The van der Waals surface area contributed by atoms with Crippen LogP contribution in [-0.4, -0.2) is 30.3 Å². The Morgan fingerprint density at radius 3 is 1.65 bits per heavy atom. The lowest BCUT2D eigenvalue weighted by Gasteiger charge is -2.39. The lowest BCUT2D eigenvalue weighted by molar-refractivity contribution is -0.189. The number of ether oxygens (including phenoxy) is 2. The highest BCUT2D eigenvalue weighted by Gasteiger charge is 2.59. The SMILES string of the molecule is CC(C)OC(=O)C1(C(=O)OC(C)C)CC(F)C1. The van der Waals surface area contributed by atoms with Crippen molar-refractivity contribution in [3.8, 4) is 0 Å². The lowest BCUT2D eigenvalue weighted by Crippen LogP contribution is -2.53. The van der Waals surface area contributed by atoms with Crippen LogP contribution in [0.4, 0.5) is 4.39 Å². The molecule has 0 heterocycles. The average Bonchev–Trinajstić information content (AvgIpc) is 2.09. The van der Waals surface area contributed by atoms with Gasteiger partial charge in [-0.2, -0.15) is 0 Å². The maximum atomic E-state index is 13.0. The fourth-order valence-corrected chi connectivity index (χ4v) is 1.77. The molecule has 0 unspecified atom stereocenters. The first kappa shape index (κ1) is 13.9. The molecule has 0 spiro atoms. The van der Waals surface area contributed by atoms with Crippen molar-refractivity contribution < 1.29 is 23.5 Å². The summed E-state index contributed by atoms with van der Waals surface area (Å²) < 4.78 is 23.0. The molecule has 0 saturated heterocycles. The van der Waals surface area contributed by atoms with E-state index in [1.54, 1.807) is 27.7 Å². The second-order valence-corrected chi connectivity index (χ2v) is 5.00. The second kappa shape index (κ2) is 5.02. The molecule has 0 bridgehead atoms. The molecule has 0 atom stereocenters. The van der Waals surface area contributed by atoms with Crippen LogP contribution < -0.4 is 0 Å². The normalized spacial score (nSPS) is 19.0. The summed E-state index contributed by atoms with van der Waals surface area (Å²) in [6, 6.07) is 0. The van der Waals surface area contributed by atoms with Gasteiger partial charge in [0.15, 0.2) is 5.41 Å². The summed E-state index contributed by atoms with van der Waals surface area (Å²) >= 11 is 0. The summed E-state index contributed by atoms with van der Waals surface area (Å²) in [5, 5.41) is 0. The Bertz CT molecular complexity index is 282. The molecule has 1 saturated carbocycles. The summed E-state index contributed by atoms with van der Waals surface area (Å²) in [5.41, 5.74) is -1.42. The minimum Gasteiger partial charge on any atom is -0.462 e. The Hall–Kier alpha value is -1.13. The van der Waals surface area contributed by atoms with E-state index >= 15 is 0 Å². The molecule has 98 valence electrons. The van der Waals surface area contributed by atoms with Gasteiger partial charge in [-0.15, -0.1) is 0 Å². The molecule has 1 rings (SSSR count). The summed E-state index contributed by atoms with van der Waals surface area (Å²) in [5.74, 6) is -1.35. The van der Waals surface area contributed by atoms with Crippen molar-refractivity contribution in [2.45, 2.75) is 58.9 Å². The van der Waals surface area contributed by atoms with E-state index < -0.39 is 23.5 Å². The maximum absolute atomic E-state index is 13.0. The van der Waals surface area contributed by atoms with Gasteiger partial charge in [-0.05, 0) is 27.7 Å². The van der Waals surface area contributed by atoms with E-state index in [4.69, 9.17) is 9.47 Å². The molecular formula is C12H19FO4. The van der Waals surface area contributed by atoms with Crippen molar-refractivity contribution in [1.29, 1.82) is 0 Å². The van der Waals surface area contributed by atoms with E-state index in [2.05, 4.69) is 0 Å². The Labute approximate surface area is 100 Å². The monoisotopic (exact) mass is 246 g/mol. The zero-order valence-corrected chi connectivity index (χ0v) is 10.7. The van der Waals surface area contributed by atoms with E-state index in [0.29, 0.717) is 0 Å². The minimum absolute atomic E-state index is 0.135. The molecule has 4 nitrogen and oxygen atoms in total. The Balaban J connectivity index is 2.76. The molecule has 1 fully saturated rings. The summed E-state index contributed by atoms with van der Waals surface area (Å²) in [4.78, 5) is 23.7. The highest BCUT2D eigenvalue weighted by atomic mass is 19.1. The van der Waals surface area contributed by atoms with Crippen molar-refractivity contribution in [3.05, 3.63) is 0 Å². The first-order valence-corrected chi connectivity index (χ1v) is 5.84. The van der Waals surface area contributed by atoms with Crippen LogP contribution in [0.2, 0.25) is 0 Å². The van der Waals surface area contributed by atoms with Gasteiger partial charge in [-0.25, -0.2) is 4.39 Å². The molecule has 0 aromatic heterocycles. The summed E-state index contributed by atoms with van der Waals surface area (Å²) in [7, 11) is 0. The number of alkyl halides is 1. The largest absolute Gasteiger partial charge is 0.462 e. The smallest absolute Gasteiger partial charge is 0.323 e. The van der Waals surface area contributed by atoms with Crippen molar-refractivity contribution in [1.82, 2.24) is 0 Å². The van der Waals surface area contributed by atoms with Crippen molar-refractivity contribution in [2.75, 3.05) is 0 Å². The van der Waals surface area contributed by atoms with Crippen LogP contribution in [0.15, 0.2) is 0 Å². The van der Waals surface area contributed by atoms with Crippen molar-refractivity contribution in [3.63, 3.8) is 0 Å². The Kier molecular flexibility index (Phi) is 4.11. The van der Waals surface area contributed by atoms with E-state index in [0.717, 1.165) is 0 Å². The molecule has 1 aliphatic carbocycles. The van der Waals surface area contributed by atoms with Crippen LogP contribution in [0.25, 0.3) is 0 Å². The summed E-state index contributed by atoms with van der Waals surface area (Å²) in [6.07, 6.45) is -2.06. The van der Waals surface area contributed by atoms with Crippen LogP contribution in [0.1, 0.15) is 40.5 Å². The average molecular weight is 246 g/mol. The van der Waals surface area contributed by atoms with Crippen LogP contribution in [-0.2, 0) is 19.1 Å². The molecule has 17 heavy (non-hydrogen) atoms. The highest BCUT2D eigenvalue weighted by molar-refractivity contribution is 6.01. The molecular weight excluding hydrogens is 227 g/mol. The van der Waals surface area contributed by atoms with Gasteiger partial charge in [0.25, 0.3) is 0 Å². The van der Waals surface area contributed by atoms with Gasteiger partial charge in [-0.3, -0.25) is 9.59 Å². The molecule has 0 amide bonds. The molecule has 0 radical (unpaired) electrons. The minimum atomic E-state index is -1.42. The van der Waals surface area contributed by atoms with Gasteiger partial charge in [0, 0.05) is 12.8 Å². The lowest BCUT2D eigenvalue weighted by atomic mass is 9.67. The summed E-state index contributed by atoms with van der Waals surface area (Å²) in [6.45, 7) is 6.74. The maximum Gasteiger partial charge on any atom is 0.323 e. The van der Waals surface area contributed by atoms with Gasteiger partial charge < -0.3 is 9.47 Å². The zero-order chi connectivity index (χ0) is 13.2. The fourth-order valence-electron chi connectivity index (χ4n) is 1.77. The van der Waals surface area contributed by atoms with E-state index in [1.807, 2.05) is 0 Å². The van der Waals surface area contributed by atoms with Crippen LogP contribution in [0.3, 0.4) is 0 Å². The number of rotatable bonds is 4. The van der Waals surface area contributed by atoms with Crippen molar-refractivity contribution >= 4 is 11.9 Å². The molecule has 0 aromatic carbocycles. The molecule has 0 aliphatic heterocycles. The van der Waals surface area contributed by atoms with Gasteiger partial charge in [0.05, 0.1) is 12.2 Å². The van der Waals surface area contributed by atoms with E-state index in [-0.39, 0.29) is 25.0 Å². The predicted octanol–water partition coefficient (Wildman–Crippen LogP) is 2.01. The number of carbonyl (C=O) groups is 2. The van der Waals surface area contributed by atoms with Crippen LogP contribution >= 0.6 is 0 Å². The zero-order valence-electron chi connectivity index (χ0n) is 10.7. The first-order chi connectivity index (χ1) is 7.78. The number of hydrogen-bond donors (Lipinski definition) is 0. The fraction of sp³-hybridized carbons (Fsp3) is 0.833. The Morgan fingerprint density at radius 1 is 1.06 bits per heavy atom. The van der Waals surface area contributed by atoms with Gasteiger partial charge in [0.2, 0.25) is 0 Å².